The van der Waals surface area contributed by atoms with E-state index in [1.165, 1.54) is 0 Å². The maximum Gasteiger partial charge on any atom is 0.0191 e. The lowest BCUT2D eigenvalue weighted by atomic mass is 10.2. The summed E-state index contributed by atoms with van der Waals surface area (Å²) in [5.74, 6) is 0. The summed E-state index contributed by atoms with van der Waals surface area (Å²) in [6.45, 7) is 10.6. The molecule has 0 spiro atoms. The molecule has 1 aromatic rings. The Morgan fingerprint density at radius 2 is 1.73 bits per heavy atom. The van der Waals surface area contributed by atoms with Gasteiger partial charge < -0.3 is 4.57 Å². The van der Waals surface area contributed by atoms with Gasteiger partial charge in [0.25, 0.3) is 0 Å². The second-order valence-corrected chi connectivity index (χ2v) is 2.41. The average molecular weight is 147 g/mol. The lowest BCUT2D eigenvalue weighted by Gasteiger charge is -1.91. The van der Waals surface area contributed by atoms with Crippen LogP contribution in [-0.2, 0) is 6.54 Å². The summed E-state index contributed by atoms with van der Waals surface area (Å²) in [4.78, 5) is 0. The molecule has 1 heterocycles. The molecule has 0 aliphatic carbocycles. The number of aromatic nitrogens is 1. The van der Waals surface area contributed by atoms with E-state index < -0.39 is 0 Å². The van der Waals surface area contributed by atoms with Gasteiger partial charge in [0.05, 0.1) is 0 Å². The maximum atomic E-state index is 3.73. The van der Waals surface area contributed by atoms with Crippen molar-refractivity contribution in [3.63, 3.8) is 0 Å². The van der Waals surface area contributed by atoms with Gasteiger partial charge in [0.1, 0.15) is 0 Å². The van der Waals surface area contributed by atoms with Crippen LogP contribution < -0.4 is 0 Å². The van der Waals surface area contributed by atoms with Gasteiger partial charge in [0.15, 0.2) is 0 Å². The molecule has 0 bridgehead atoms. The minimum atomic E-state index is 0.995. The fourth-order valence-electron chi connectivity index (χ4n) is 1.07. The highest BCUT2D eigenvalue weighted by molar-refractivity contribution is 5.62. The molecule has 1 aromatic heterocycles. The van der Waals surface area contributed by atoms with Crippen LogP contribution in [-0.4, -0.2) is 4.57 Å². The Bertz CT molecular complexity index is 243. The van der Waals surface area contributed by atoms with Crippen LogP contribution in [0.25, 0.3) is 12.2 Å². The molecule has 0 saturated carbocycles. The number of hydrogen-bond acceptors (Lipinski definition) is 0. The van der Waals surface area contributed by atoms with E-state index in [9.17, 15) is 0 Å². The molecule has 1 heteroatoms. The van der Waals surface area contributed by atoms with Crippen LogP contribution >= 0.6 is 0 Å². The summed E-state index contributed by atoms with van der Waals surface area (Å²) in [5.41, 5.74) is 2.31. The summed E-state index contributed by atoms with van der Waals surface area (Å²) in [6.07, 6.45) is 7.85. The van der Waals surface area contributed by atoms with E-state index >= 15 is 0 Å². The Morgan fingerprint density at radius 3 is 2.00 bits per heavy atom. The van der Waals surface area contributed by atoms with Gasteiger partial charge in [-0.2, -0.15) is 0 Å². The molecule has 0 aliphatic rings. The van der Waals surface area contributed by atoms with E-state index in [-0.39, 0.29) is 0 Å². The Hall–Kier alpha value is -1.24. The van der Waals surface area contributed by atoms with Crippen molar-refractivity contribution in [2.45, 2.75) is 13.5 Å². The third-order valence-corrected chi connectivity index (χ3v) is 1.75. The molecule has 0 radical (unpaired) electrons. The highest BCUT2D eigenvalue weighted by atomic mass is 14.9. The standard InChI is InChI=1S/C10H13N/c1-4-9-7-11(6-3)8-10(9)5-2/h4-5,7-8H,1-2,6H2,3H3. The van der Waals surface area contributed by atoms with Gasteiger partial charge in [0.2, 0.25) is 0 Å². The zero-order valence-electron chi connectivity index (χ0n) is 6.88. The minimum absolute atomic E-state index is 0.995. The van der Waals surface area contributed by atoms with Crippen LogP contribution in [0.1, 0.15) is 18.1 Å². The van der Waals surface area contributed by atoms with Gasteiger partial charge in [-0.3, -0.25) is 0 Å². The van der Waals surface area contributed by atoms with Crippen molar-refractivity contribution in [1.82, 2.24) is 4.57 Å². The van der Waals surface area contributed by atoms with Gasteiger partial charge in [-0.15, -0.1) is 0 Å². The zero-order valence-corrected chi connectivity index (χ0v) is 6.88. The lowest BCUT2D eigenvalue weighted by Crippen LogP contribution is -1.86. The second kappa shape index (κ2) is 3.24. The zero-order chi connectivity index (χ0) is 8.27. The smallest absolute Gasteiger partial charge is 0.0191 e. The van der Waals surface area contributed by atoms with E-state index in [4.69, 9.17) is 0 Å². The predicted octanol–water partition coefficient (Wildman–Crippen LogP) is 2.79. The Kier molecular flexibility index (Phi) is 2.32. The Labute approximate surface area is 67.7 Å². The first-order valence-corrected chi connectivity index (χ1v) is 3.76. The monoisotopic (exact) mass is 147 g/mol. The summed E-state index contributed by atoms with van der Waals surface area (Å²) in [7, 11) is 0. The number of rotatable bonds is 3. The molecule has 0 amide bonds. The van der Waals surface area contributed by atoms with Crippen molar-refractivity contribution in [2.24, 2.45) is 0 Å². The Balaban J connectivity index is 3.11. The van der Waals surface area contributed by atoms with Crippen molar-refractivity contribution in [3.05, 3.63) is 36.7 Å². The van der Waals surface area contributed by atoms with Gasteiger partial charge >= 0.3 is 0 Å². The molecule has 0 saturated heterocycles. The largest absolute Gasteiger partial charge is 0.353 e. The highest BCUT2D eigenvalue weighted by Gasteiger charge is 1.97. The van der Waals surface area contributed by atoms with E-state index in [1.54, 1.807) is 0 Å². The number of aryl methyl sites for hydroxylation is 1. The topological polar surface area (TPSA) is 4.93 Å². The molecule has 0 N–H and O–H groups in total. The van der Waals surface area contributed by atoms with Gasteiger partial charge in [0, 0.05) is 18.9 Å². The fraction of sp³-hybridized carbons (Fsp3) is 0.200. The van der Waals surface area contributed by atoms with Crippen LogP contribution in [0, 0.1) is 0 Å². The van der Waals surface area contributed by atoms with E-state index in [0.717, 1.165) is 17.7 Å². The summed E-state index contributed by atoms with van der Waals surface area (Å²) in [5, 5.41) is 0. The van der Waals surface area contributed by atoms with Crippen molar-refractivity contribution < 1.29 is 0 Å². The first-order chi connectivity index (χ1) is 5.31. The molecule has 1 nitrogen and oxygen atoms in total. The van der Waals surface area contributed by atoms with Gasteiger partial charge in [-0.1, -0.05) is 25.3 Å². The van der Waals surface area contributed by atoms with Crippen molar-refractivity contribution >= 4 is 12.2 Å². The van der Waals surface area contributed by atoms with Gasteiger partial charge in [-0.05, 0) is 18.1 Å². The normalized spacial score (nSPS) is 9.55. The van der Waals surface area contributed by atoms with Crippen molar-refractivity contribution in [2.75, 3.05) is 0 Å². The SMILES string of the molecule is C=Cc1cn(CC)cc1C=C. The quantitative estimate of drug-likeness (QED) is 0.619. The molecule has 0 aromatic carbocycles. The molecule has 0 aliphatic heterocycles. The molecule has 0 atom stereocenters. The second-order valence-electron chi connectivity index (χ2n) is 2.41. The van der Waals surface area contributed by atoms with Crippen molar-refractivity contribution in [3.8, 4) is 0 Å². The molecular weight excluding hydrogens is 134 g/mol. The number of hydrogen-bond donors (Lipinski definition) is 0. The van der Waals surface area contributed by atoms with E-state index in [1.807, 2.05) is 12.2 Å². The molecule has 0 fully saturated rings. The molecule has 11 heavy (non-hydrogen) atoms. The van der Waals surface area contributed by atoms with Crippen LogP contribution in [0.2, 0.25) is 0 Å². The Morgan fingerprint density at radius 1 is 1.27 bits per heavy atom. The summed E-state index contributed by atoms with van der Waals surface area (Å²) in [6, 6.07) is 0. The molecule has 58 valence electrons. The minimum Gasteiger partial charge on any atom is -0.353 e. The van der Waals surface area contributed by atoms with E-state index in [0.29, 0.717) is 0 Å². The number of nitrogens with zero attached hydrogens (tertiary/aromatic N) is 1. The average Bonchev–Trinajstić information content (AvgIpc) is 2.46. The fourth-order valence-corrected chi connectivity index (χ4v) is 1.07. The first-order valence-electron chi connectivity index (χ1n) is 3.76. The first kappa shape index (κ1) is 7.86. The predicted molar refractivity (Wildman–Crippen MR) is 50.3 cm³/mol. The summed E-state index contributed by atoms with van der Waals surface area (Å²) >= 11 is 0. The van der Waals surface area contributed by atoms with Crippen LogP contribution in [0.15, 0.2) is 25.6 Å². The van der Waals surface area contributed by atoms with Crippen LogP contribution in [0.4, 0.5) is 0 Å². The third-order valence-electron chi connectivity index (χ3n) is 1.75. The highest BCUT2D eigenvalue weighted by Crippen LogP contribution is 2.12. The molecule has 0 unspecified atom stereocenters. The van der Waals surface area contributed by atoms with Crippen molar-refractivity contribution in [1.29, 1.82) is 0 Å². The van der Waals surface area contributed by atoms with Crippen LogP contribution in [0.5, 0.6) is 0 Å². The lowest BCUT2D eigenvalue weighted by molar-refractivity contribution is 0.768. The molecule has 1 rings (SSSR count). The molecular formula is C10H13N. The third kappa shape index (κ3) is 1.43. The van der Waals surface area contributed by atoms with Gasteiger partial charge in [-0.25, -0.2) is 0 Å². The van der Waals surface area contributed by atoms with E-state index in [2.05, 4.69) is 37.0 Å². The van der Waals surface area contributed by atoms with Crippen LogP contribution in [0.3, 0.4) is 0 Å². The summed E-state index contributed by atoms with van der Waals surface area (Å²) < 4.78 is 2.12. The maximum absolute atomic E-state index is 3.73.